The number of phenolic OH excluding ortho intramolecular Hbond substituents is 1. The summed E-state index contributed by atoms with van der Waals surface area (Å²) >= 11 is 3.29. The molecule has 0 aliphatic heterocycles. The minimum absolute atomic E-state index is 0.249. The number of aromatic hydroxyl groups is 1. The van der Waals surface area contributed by atoms with E-state index in [1.807, 2.05) is 66.7 Å². The highest BCUT2D eigenvalue weighted by molar-refractivity contribution is 7.22. The number of hydrogen-bond donors (Lipinski definition) is 1. The van der Waals surface area contributed by atoms with Crippen molar-refractivity contribution in [3.05, 3.63) is 101 Å². The van der Waals surface area contributed by atoms with Gasteiger partial charge in [-0.05, 0) is 47.2 Å². The minimum atomic E-state index is 0.249. The smallest absolute Gasteiger partial charge is 0.127 e. The van der Waals surface area contributed by atoms with Gasteiger partial charge in [0.1, 0.15) is 15.8 Å². The highest BCUT2D eigenvalue weighted by Gasteiger charge is 2.17. The van der Waals surface area contributed by atoms with Crippen LogP contribution in [0.2, 0.25) is 0 Å². The standard InChI is InChI=1S/C26H16N2OS2/c29-22-14-13-16-7-1-2-8-17(16)18(22)15-19(25-27-20-9-3-5-11-23(20)30-25)26-28-21-10-4-6-12-24(21)31-26/h1-15,29H. The van der Waals surface area contributed by atoms with Gasteiger partial charge in [0.15, 0.2) is 0 Å². The number of nitrogens with zero attached hydrogens (tertiary/aromatic N) is 2. The van der Waals surface area contributed by atoms with Crippen LogP contribution in [0.5, 0.6) is 5.75 Å². The van der Waals surface area contributed by atoms with Gasteiger partial charge in [-0.25, -0.2) is 9.97 Å². The Balaban J connectivity index is 1.65. The van der Waals surface area contributed by atoms with E-state index in [-0.39, 0.29) is 5.75 Å². The van der Waals surface area contributed by atoms with Crippen molar-refractivity contribution in [1.29, 1.82) is 0 Å². The zero-order chi connectivity index (χ0) is 20.8. The molecule has 0 radical (unpaired) electrons. The van der Waals surface area contributed by atoms with Crippen LogP contribution in [-0.4, -0.2) is 15.1 Å². The molecule has 0 saturated heterocycles. The topological polar surface area (TPSA) is 46.0 Å². The van der Waals surface area contributed by atoms with Crippen LogP contribution in [0.1, 0.15) is 15.6 Å². The van der Waals surface area contributed by atoms with Crippen LogP contribution < -0.4 is 0 Å². The molecule has 148 valence electrons. The fraction of sp³-hybridized carbons (Fsp3) is 0. The Kier molecular flexibility index (Phi) is 4.30. The Morgan fingerprint density at radius 3 is 1.90 bits per heavy atom. The van der Waals surface area contributed by atoms with E-state index in [0.717, 1.165) is 52.4 Å². The molecule has 0 unspecified atom stereocenters. The molecule has 2 aromatic heterocycles. The van der Waals surface area contributed by atoms with Crippen molar-refractivity contribution in [3.63, 3.8) is 0 Å². The summed E-state index contributed by atoms with van der Waals surface area (Å²) in [7, 11) is 0. The van der Waals surface area contributed by atoms with E-state index in [1.54, 1.807) is 28.7 Å². The van der Waals surface area contributed by atoms with Crippen molar-refractivity contribution in [2.24, 2.45) is 0 Å². The molecule has 0 fully saturated rings. The minimum Gasteiger partial charge on any atom is -0.507 e. The molecule has 4 aromatic carbocycles. The number of hydrogen-bond acceptors (Lipinski definition) is 5. The van der Waals surface area contributed by atoms with E-state index >= 15 is 0 Å². The van der Waals surface area contributed by atoms with E-state index in [4.69, 9.17) is 9.97 Å². The Labute approximate surface area is 186 Å². The highest BCUT2D eigenvalue weighted by atomic mass is 32.1. The van der Waals surface area contributed by atoms with Crippen LogP contribution >= 0.6 is 22.7 Å². The molecule has 6 aromatic rings. The second-order valence-corrected chi connectivity index (χ2v) is 9.31. The molecule has 2 heterocycles. The average molecular weight is 437 g/mol. The van der Waals surface area contributed by atoms with Crippen LogP contribution in [0.3, 0.4) is 0 Å². The summed E-state index contributed by atoms with van der Waals surface area (Å²) in [5, 5.41) is 14.6. The Bertz CT molecular complexity index is 1470. The van der Waals surface area contributed by atoms with Crippen LogP contribution in [-0.2, 0) is 0 Å². The molecule has 3 nitrogen and oxygen atoms in total. The summed E-state index contributed by atoms with van der Waals surface area (Å²) in [5.74, 6) is 0.249. The molecule has 0 aliphatic rings. The fourth-order valence-electron chi connectivity index (χ4n) is 3.77. The molecule has 6 rings (SSSR count). The first-order valence-corrected chi connectivity index (χ1v) is 11.5. The molecule has 0 atom stereocenters. The lowest BCUT2D eigenvalue weighted by Gasteiger charge is -2.07. The number of rotatable bonds is 3. The van der Waals surface area contributed by atoms with E-state index in [2.05, 4.69) is 18.2 Å². The largest absolute Gasteiger partial charge is 0.507 e. The number of phenols is 1. The van der Waals surface area contributed by atoms with Gasteiger partial charge in [0, 0.05) is 11.1 Å². The third-order valence-electron chi connectivity index (χ3n) is 5.28. The predicted molar refractivity (Wildman–Crippen MR) is 132 cm³/mol. The molecule has 0 aliphatic carbocycles. The van der Waals surface area contributed by atoms with Crippen molar-refractivity contribution in [1.82, 2.24) is 9.97 Å². The van der Waals surface area contributed by atoms with Gasteiger partial charge >= 0.3 is 0 Å². The van der Waals surface area contributed by atoms with E-state index in [9.17, 15) is 5.11 Å². The molecule has 1 N–H and O–H groups in total. The third kappa shape index (κ3) is 3.19. The molecule has 31 heavy (non-hydrogen) atoms. The van der Waals surface area contributed by atoms with E-state index in [1.165, 1.54) is 0 Å². The van der Waals surface area contributed by atoms with Gasteiger partial charge in [-0.15, -0.1) is 22.7 Å². The Morgan fingerprint density at radius 2 is 1.26 bits per heavy atom. The maximum absolute atomic E-state index is 10.8. The molecule has 5 heteroatoms. The molecule has 0 saturated carbocycles. The first-order chi connectivity index (χ1) is 15.3. The van der Waals surface area contributed by atoms with Gasteiger partial charge in [0.05, 0.1) is 20.4 Å². The van der Waals surface area contributed by atoms with Crippen LogP contribution in [0.15, 0.2) is 84.9 Å². The second-order valence-electron chi connectivity index (χ2n) is 7.25. The summed E-state index contributed by atoms with van der Waals surface area (Å²) in [6, 6.07) is 28.1. The predicted octanol–water partition coefficient (Wildman–Crippen LogP) is 7.35. The molecule has 0 spiro atoms. The van der Waals surface area contributed by atoms with Gasteiger partial charge in [0.2, 0.25) is 0 Å². The second kappa shape index (κ2) is 7.30. The monoisotopic (exact) mass is 436 g/mol. The lowest BCUT2D eigenvalue weighted by atomic mass is 10.0. The lowest BCUT2D eigenvalue weighted by Crippen LogP contribution is -1.88. The number of benzene rings is 4. The number of thiazole rings is 2. The summed E-state index contributed by atoms with van der Waals surface area (Å²) in [6.45, 7) is 0. The van der Waals surface area contributed by atoms with Gasteiger partial charge in [-0.3, -0.25) is 0 Å². The van der Waals surface area contributed by atoms with Crippen molar-refractivity contribution in [2.45, 2.75) is 0 Å². The van der Waals surface area contributed by atoms with E-state index < -0.39 is 0 Å². The lowest BCUT2D eigenvalue weighted by molar-refractivity contribution is 0.475. The quantitative estimate of drug-likeness (QED) is 0.315. The Morgan fingerprint density at radius 1 is 0.677 bits per heavy atom. The van der Waals surface area contributed by atoms with Crippen molar-refractivity contribution >= 4 is 65.5 Å². The number of para-hydroxylation sites is 2. The molecular weight excluding hydrogens is 420 g/mol. The van der Waals surface area contributed by atoms with Crippen molar-refractivity contribution < 1.29 is 5.11 Å². The first kappa shape index (κ1) is 18.2. The molecule has 0 amide bonds. The van der Waals surface area contributed by atoms with Gasteiger partial charge < -0.3 is 5.11 Å². The van der Waals surface area contributed by atoms with E-state index in [0.29, 0.717) is 0 Å². The maximum Gasteiger partial charge on any atom is 0.127 e. The number of fused-ring (bicyclic) bond motifs is 3. The summed E-state index contributed by atoms with van der Waals surface area (Å²) in [6.07, 6.45) is 2.03. The average Bonchev–Trinajstić information content (AvgIpc) is 3.42. The molecular formula is C26H16N2OS2. The normalized spacial score (nSPS) is 11.4. The molecule has 0 bridgehead atoms. The van der Waals surface area contributed by atoms with Gasteiger partial charge in [0.25, 0.3) is 0 Å². The highest BCUT2D eigenvalue weighted by Crippen LogP contribution is 2.38. The fourth-order valence-corrected chi connectivity index (χ4v) is 5.80. The summed E-state index contributed by atoms with van der Waals surface area (Å²) in [4.78, 5) is 9.80. The number of aromatic nitrogens is 2. The Hall–Kier alpha value is -3.54. The zero-order valence-corrected chi connectivity index (χ0v) is 18.0. The van der Waals surface area contributed by atoms with Crippen molar-refractivity contribution in [3.8, 4) is 5.75 Å². The first-order valence-electron chi connectivity index (χ1n) is 9.90. The SMILES string of the molecule is Oc1ccc2ccccc2c1C=C(c1nc2ccccc2s1)c1nc2ccccc2s1. The third-order valence-corrected chi connectivity index (χ3v) is 7.42. The van der Waals surface area contributed by atoms with Gasteiger partial charge in [-0.2, -0.15) is 0 Å². The summed E-state index contributed by atoms with van der Waals surface area (Å²) in [5.41, 5.74) is 3.65. The maximum atomic E-state index is 10.8. The van der Waals surface area contributed by atoms with Gasteiger partial charge in [-0.1, -0.05) is 54.6 Å². The van der Waals surface area contributed by atoms with Crippen LogP contribution in [0.25, 0.3) is 42.9 Å². The van der Waals surface area contributed by atoms with Crippen molar-refractivity contribution in [2.75, 3.05) is 0 Å². The van der Waals surface area contributed by atoms with Crippen LogP contribution in [0, 0.1) is 0 Å². The zero-order valence-electron chi connectivity index (χ0n) is 16.3. The summed E-state index contributed by atoms with van der Waals surface area (Å²) < 4.78 is 2.26. The van der Waals surface area contributed by atoms with Crippen LogP contribution in [0.4, 0.5) is 0 Å².